The Morgan fingerprint density at radius 1 is 0.960 bits per heavy atom. The number of aryl methyl sites for hydroxylation is 2. The molecule has 6 nitrogen and oxygen atoms in total. The molecule has 3 N–H and O–H groups in total. The van der Waals surface area contributed by atoms with Gasteiger partial charge < -0.3 is 10.8 Å². The highest BCUT2D eigenvalue weighted by molar-refractivity contribution is 6.30. The van der Waals surface area contributed by atoms with E-state index in [1.165, 1.54) is 6.42 Å². The van der Waals surface area contributed by atoms with E-state index in [-0.39, 0.29) is 23.9 Å². The number of aliphatic carboxylic acids is 1. The number of halogens is 1. The van der Waals surface area contributed by atoms with Crippen molar-refractivity contribution in [3.63, 3.8) is 0 Å². The normalized spacial score (nSPS) is 11.0. The number of carbonyl (C=O) groups is 2. The van der Waals surface area contributed by atoms with Crippen LogP contribution in [0.3, 0.4) is 0 Å². The number of hydrogen-bond donors (Lipinski definition) is 2. The fraction of sp³-hybridized carbons (Fsp3) is 0.442. The zero-order valence-corrected chi connectivity index (χ0v) is 33.7. The summed E-state index contributed by atoms with van der Waals surface area (Å²) in [6.45, 7) is 35.4. The first-order valence-electron chi connectivity index (χ1n) is 17.9. The van der Waals surface area contributed by atoms with Gasteiger partial charge in [-0.25, -0.2) is 9.97 Å². The molecule has 0 aliphatic heterocycles. The van der Waals surface area contributed by atoms with Crippen LogP contribution in [0.25, 0.3) is 5.57 Å². The van der Waals surface area contributed by atoms with Crippen LogP contribution in [0, 0.1) is 6.92 Å². The molecule has 0 aliphatic carbocycles. The SMILES string of the molecule is C=C(c1nc(C)c([C@@](C)(C(=O)CC)c2ccc(CCC(=O)O)cc2)c(N)n1)c1ccc(Cl)cc1C(C)C.C=CC(=C)CC.CC.CC.CCC. The molecule has 0 radical (unpaired) electrons. The standard InChI is InChI=1S/C30H34ClN3O3.C6H10.C3H8.2C2H6/c1-7-25(35)30(6,21-11-8-20(9-12-21)10-15-26(36)37)27-19(5)33-29(34-28(27)32)18(4)23-14-13-22(31)16-24(23)17(2)3;1-4-6(3)5-2;1-3-2;2*1-2/h8-9,11-14,16-17H,4,7,10,15H2,1-3,5-6H3,(H,36,37)(H2,32,33,34);4H,1,3,5H2,2H3;3H2,1-2H3;2*1-2H3/t30-;;;;/m1..../s1. The van der Waals surface area contributed by atoms with Crippen molar-refractivity contribution in [2.75, 3.05) is 5.73 Å². The number of Topliss-reactive ketones (excluding diaryl/α,β-unsaturated/α-hetero) is 1. The van der Waals surface area contributed by atoms with Gasteiger partial charge in [0.2, 0.25) is 0 Å². The summed E-state index contributed by atoms with van der Waals surface area (Å²) in [5.74, 6) is -0.0275. The Bertz CT molecular complexity index is 1500. The second-order valence-electron chi connectivity index (χ2n) is 11.7. The number of nitrogens with zero attached hydrogens (tertiary/aromatic N) is 2. The Kier molecular flexibility index (Phi) is 24.0. The predicted molar refractivity (Wildman–Crippen MR) is 217 cm³/mol. The van der Waals surface area contributed by atoms with E-state index in [9.17, 15) is 9.59 Å². The van der Waals surface area contributed by atoms with Gasteiger partial charge in [0, 0.05) is 34.7 Å². The van der Waals surface area contributed by atoms with E-state index in [0.29, 0.717) is 40.5 Å². The summed E-state index contributed by atoms with van der Waals surface area (Å²) < 4.78 is 0. The smallest absolute Gasteiger partial charge is 0.303 e. The molecule has 2 aromatic carbocycles. The third-order valence-electron chi connectivity index (χ3n) is 7.63. The van der Waals surface area contributed by atoms with Gasteiger partial charge in [-0.15, -0.1) is 0 Å². The van der Waals surface area contributed by atoms with Crippen molar-refractivity contribution in [3.8, 4) is 0 Å². The fourth-order valence-electron chi connectivity index (χ4n) is 4.95. The summed E-state index contributed by atoms with van der Waals surface area (Å²) in [4.78, 5) is 33.7. The van der Waals surface area contributed by atoms with Crippen LogP contribution in [0.2, 0.25) is 5.02 Å². The highest BCUT2D eigenvalue weighted by Gasteiger charge is 2.40. The number of benzene rings is 2. The second kappa shape index (κ2) is 25.0. The van der Waals surface area contributed by atoms with Crippen LogP contribution in [-0.4, -0.2) is 26.8 Å². The molecule has 3 aromatic rings. The van der Waals surface area contributed by atoms with Gasteiger partial charge in [0.05, 0.1) is 5.41 Å². The topological polar surface area (TPSA) is 106 Å². The number of carboxylic acids is 1. The molecule has 3 rings (SSSR count). The molecular formula is C43H64ClN3O3. The molecule has 0 aliphatic rings. The highest BCUT2D eigenvalue weighted by Crippen LogP contribution is 2.39. The Morgan fingerprint density at radius 3 is 1.90 bits per heavy atom. The van der Waals surface area contributed by atoms with Gasteiger partial charge in [-0.3, -0.25) is 9.59 Å². The minimum Gasteiger partial charge on any atom is -0.481 e. The second-order valence-corrected chi connectivity index (χ2v) is 12.1. The van der Waals surface area contributed by atoms with Gasteiger partial charge in [-0.2, -0.15) is 0 Å². The number of nitrogens with two attached hydrogens (primary N) is 1. The molecule has 1 heterocycles. The summed E-state index contributed by atoms with van der Waals surface area (Å²) in [6, 6.07) is 13.1. The van der Waals surface area contributed by atoms with Crippen molar-refractivity contribution >= 4 is 34.7 Å². The number of allylic oxidation sites excluding steroid dienone is 2. The largest absolute Gasteiger partial charge is 0.481 e. The molecular weight excluding hydrogens is 642 g/mol. The third kappa shape index (κ3) is 14.1. The summed E-state index contributed by atoms with van der Waals surface area (Å²) >= 11 is 6.24. The van der Waals surface area contributed by atoms with Gasteiger partial charge in [-0.1, -0.05) is 149 Å². The Hall–Kier alpha value is -4.03. The van der Waals surface area contributed by atoms with E-state index in [0.717, 1.165) is 34.2 Å². The predicted octanol–water partition coefficient (Wildman–Crippen LogP) is 12.1. The average molecular weight is 706 g/mol. The molecule has 50 heavy (non-hydrogen) atoms. The highest BCUT2D eigenvalue weighted by atomic mass is 35.5. The third-order valence-corrected chi connectivity index (χ3v) is 7.86. The molecule has 0 bridgehead atoms. The van der Waals surface area contributed by atoms with E-state index < -0.39 is 11.4 Å². The van der Waals surface area contributed by atoms with Crippen molar-refractivity contribution in [1.82, 2.24) is 9.97 Å². The van der Waals surface area contributed by atoms with Gasteiger partial charge >= 0.3 is 5.97 Å². The van der Waals surface area contributed by atoms with E-state index in [4.69, 9.17) is 27.4 Å². The number of hydrogen-bond acceptors (Lipinski definition) is 5. The molecule has 7 heteroatoms. The molecule has 1 aromatic heterocycles. The number of carboxylic acid groups (broad SMARTS) is 1. The minimum atomic E-state index is -1.07. The molecule has 0 saturated heterocycles. The summed E-state index contributed by atoms with van der Waals surface area (Å²) in [5, 5.41) is 9.63. The van der Waals surface area contributed by atoms with E-state index in [2.05, 4.69) is 59.3 Å². The molecule has 1 atom stereocenters. The maximum Gasteiger partial charge on any atom is 0.303 e. The number of rotatable bonds is 12. The average Bonchev–Trinajstić information content (AvgIpc) is 3.11. The first kappa shape index (κ1) is 48.1. The Morgan fingerprint density at radius 2 is 1.50 bits per heavy atom. The van der Waals surface area contributed by atoms with Crippen LogP contribution in [0.5, 0.6) is 0 Å². The maximum absolute atomic E-state index is 13.4. The number of carbonyl (C=O) groups excluding carboxylic acids is 1. The van der Waals surface area contributed by atoms with Crippen LogP contribution < -0.4 is 5.73 Å². The van der Waals surface area contributed by atoms with Crippen molar-refractivity contribution in [1.29, 1.82) is 0 Å². The van der Waals surface area contributed by atoms with Crippen LogP contribution in [-0.2, 0) is 21.4 Å². The van der Waals surface area contributed by atoms with E-state index >= 15 is 0 Å². The van der Waals surface area contributed by atoms with Crippen LogP contribution in [0.15, 0.2) is 73.9 Å². The zero-order valence-electron chi connectivity index (χ0n) is 33.0. The first-order chi connectivity index (χ1) is 23.6. The number of ketones is 1. The van der Waals surface area contributed by atoms with Crippen LogP contribution in [0.4, 0.5) is 5.82 Å². The number of aromatic nitrogens is 2. The molecule has 0 spiro atoms. The lowest BCUT2D eigenvalue weighted by atomic mass is 9.71. The Balaban J connectivity index is 0. The number of anilines is 1. The molecule has 0 fully saturated rings. The van der Waals surface area contributed by atoms with E-state index in [1.807, 2.05) is 90.9 Å². The lowest BCUT2D eigenvalue weighted by Crippen LogP contribution is -2.36. The van der Waals surface area contributed by atoms with Crippen molar-refractivity contribution in [3.05, 3.63) is 118 Å². The Labute approximate surface area is 309 Å². The summed E-state index contributed by atoms with van der Waals surface area (Å²) in [5.41, 5.74) is 12.0. The van der Waals surface area contributed by atoms with Crippen LogP contribution >= 0.6 is 11.6 Å². The molecule has 0 unspecified atom stereocenters. The van der Waals surface area contributed by atoms with Gasteiger partial charge in [-0.05, 0) is 67.0 Å². The van der Waals surface area contributed by atoms with Crippen molar-refractivity contribution in [2.24, 2.45) is 0 Å². The minimum absolute atomic E-state index is 0.0180. The van der Waals surface area contributed by atoms with E-state index in [1.54, 1.807) is 6.08 Å². The van der Waals surface area contributed by atoms with Crippen LogP contribution in [0.1, 0.15) is 147 Å². The van der Waals surface area contributed by atoms with Gasteiger partial charge in [0.15, 0.2) is 5.82 Å². The zero-order chi connectivity index (χ0) is 39.2. The lowest BCUT2D eigenvalue weighted by molar-refractivity contribution is -0.137. The first-order valence-corrected chi connectivity index (χ1v) is 18.3. The van der Waals surface area contributed by atoms with Gasteiger partial charge in [0.25, 0.3) is 0 Å². The molecule has 276 valence electrons. The number of nitrogen functional groups attached to an aromatic ring is 1. The molecule has 0 saturated carbocycles. The van der Waals surface area contributed by atoms with Crippen molar-refractivity contribution in [2.45, 2.75) is 127 Å². The quantitative estimate of drug-likeness (QED) is 0.182. The monoisotopic (exact) mass is 705 g/mol. The van der Waals surface area contributed by atoms with Crippen molar-refractivity contribution < 1.29 is 14.7 Å². The fourth-order valence-corrected chi connectivity index (χ4v) is 5.13. The summed E-state index contributed by atoms with van der Waals surface area (Å²) in [6.07, 6.45) is 4.80. The maximum atomic E-state index is 13.4. The molecule has 0 amide bonds. The summed E-state index contributed by atoms with van der Waals surface area (Å²) in [7, 11) is 0. The van der Waals surface area contributed by atoms with Gasteiger partial charge in [0.1, 0.15) is 11.6 Å². The lowest BCUT2D eigenvalue weighted by Gasteiger charge is -2.31.